The smallest absolute Gasteiger partial charge is 0.378 e. The molecule has 0 amide bonds. The highest BCUT2D eigenvalue weighted by Gasteiger charge is 2.38. The molecule has 11 heteroatoms. The fourth-order valence-electron chi connectivity index (χ4n) is 1.16. The fourth-order valence-corrected chi connectivity index (χ4v) is 1.76. The molecule has 0 saturated carbocycles. The van der Waals surface area contributed by atoms with Crippen molar-refractivity contribution in [1.29, 1.82) is 5.41 Å². The highest BCUT2D eigenvalue weighted by atomic mass is 35.5. The van der Waals surface area contributed by atoms with Gasteiger partial charge in [0, 0.05) is 12.0 Å². The zero-order valence-corrected chi connectivity index (χ0v) is 13.1. The molecule has 0 aromatic rings. The lowest BCUT2D eigenvalue weighted by Gasteiger charge is -2.27. The quantitative estimate of drug-likeness (QED) is 0.214. The van der Waals surface area contributed by atoms with Gasteiger partial charge in [0.2, 0.25) is 0 Å². The molecule has 0 aliphatic rings. The third kappa shape index (κ3) is 7.98. The van der Waals surface area contributed by atoms with Crippen LogP contribution in [0.3, 0.4) is 0 Å². The number of aliphatic carboxylic acids is 1. The largest absolute Gasteiger partial charge is 0.480 e. The summed E-state index contributed by atoms with van der Waals surface area (Å²) in [6.45, 7) is 1.53. The number of nitrogens with two attached hydrogens (primary N) is 1. The number of hydrogen-bond donors (Lipinski definition) is 5. The van der Waals surface area contributed by atoms with E-state index in [-0.39, 0.29) is 30.6 Å². The van der Waals surface area contributed by atoms with Gasteiger partial charge in [-0.1, -0.05) is 0 Å². The number of alkyl halides is 3. The topological polar surface area (TPSA) is 99.2 Å². The first kappa shape index (κ1) is 24.0. The van der Waals surface area contributed by atoms with E-state index in [2.05, 4.69) is 24.2 Å². The monoisotopic (exact) mass is 361 g/mol. The van der Waals surface area contributed by atoms with Gasteiger partial charge in [-0.2, -0.15) is 21.4 Å². The minimum Gasteiger partial charge on any atom is -0.480 e. The molecule has 0 rings (SSSR count). The van der Waals surface area contributed by atoms with Gasteiger partial charge in [-0.25, -0.2) is 4.79 Å². The van der Waals surface area contributed by atoms with Gasteiger partial charge in [0.05, 0.1) is 0 Å². The lowest BCUT2D eigenvalue weighted by atomic mass is 9.95. The molecule has 5 N–H and O–H groups in total. The van der Waals surface area contributed by atoms with Crippen LogP contribution in [0.2, 0.25) is 0 Å². The maximum atomic E-state index is 12.5. The first-order valence-corrected chi connectivity index (χ1v) is 5.63. The lowest BCUT2D eigenvalue weighted by Crippen LogP contribution is -2.54. The third-order valence-corrected chi connectivity index (χ3v) is 2.77. The number of nitrogens with one attached hydrogen (secondary N) is 2. The molecular formula is C8H16Cl3F2N3O2S. The Bertz CT molecular complexity index is 305. The van der Waals surface area contributed by atoms with Gasteiger partial charge in [0.15, 0.2) is 5.84 Å². The van der Waals surface area contributed by atoms with Crippen LogP contribution in [-0.4, -0.2) is 40.1 Å². The van der Waals surface area contributed by atoms with Crippen molar-refractivity contribution in [2.75, 3.05) is 5.75 Å². The predicted octanol–water partition coefficient (Wildman–Crippen LogP) is 1.57. The molecule has 2 unspecified atom stereocenters. The van der Waals surface area contributed by atoms with Gasteiger partial charge in [-0.15, -0.1) is 24.8 Å². The number of carbonyl (C=O) groups is 1. The molecule has 0 radical (unpaired) electrons. The number of thiol groups is 1. The van der Waals surface area contributed by atoms with Gasteiger partial charge in [0.1, 0.15) is 6.04 Å². The molecular weight excluding hydrogens is 347 g/mol. The van der Waals surface area contributed by atoms with Gasteiger partial charge < -0.3 is 16.2 Å². The average Bonchev–Trinajstić information content (AvgIpc) is 2.14. The van der Waals surface area contributed by atoms with Crippen LogP contribution in [0.1, 0.15) is 6.92 Å². The van der Waals surface area contributed by atoms with E-state index >= 15 is 0 Å². The first-order valence-electron chi connectivity index (χ1n) is 4.62. The molecule has 0 aromatic carbocycles. The van der Waals surface area contributed by atoms with E-state index in [1.165, 1.54) is 6.92 Å². The first-order chi connectivity index (χ1) is 7.61. The highest BCUT2D eigenvalue weighted by Crippen LogP contribution is 2.20. The highest BCUT2D eigenvalue weighted by molar-refractivity contribution is 7.80. The molecule has 0 spiro atoms. The van der Waals surface area contributed by atoms with Crippen molar-refractivity contribution in [2.45, 2.75) is 24.4 Å². The van der Waals surface area contributed by atoms with E-state index in [0.29, 0.717) is 0 Å². The fraction of sp³-hybridized carbons (Fsp3) is 0.750. The van der Waals surface area contributed by atoms with Crippen molar-refractivity contribution in [3.8, 4) is 0 Å². The molecule has 0 aromatic heterocycles. The molecule has 0 aliphatic carbocycles. The van der Waals surface area contributed by atoms with Crippen molar-refractivity contribution >= 4 is 60.8 Å². The molecule has 116 valence electrons. The van der Waals surface area contributed by atoms with Crippen LogP contribution in [-0.2, 0) is 4.79 Å². The zero-order valence-electron chi connectivity index (χ0n) is 9.77. The summed E-state index contributed by atoms with van der Waals surface area (Å²) < 4.78 is 25.1. The Morgan fingerprint density at radius 1 is 1.58 bits per heavy atom. The summed E-state index contributed by atoms with van der Waals surface area (Å²) in [6, 6.07) is -2.03. The minimum absolute atomic E-state index is 0. The summed E-state index contributed by atoms with van der Waals surface area (Å²) in [5, 5.41) is 13.8. The molecule has 5 nitrogen and oxygen atoms in total. The Morgan fingerprint density at radius 2 is 2.00 bits per heavy atom. The number of carboxylic acids is 1. The van der Waals surface area contributed by atoms with Crippen LogP contribution in [0.5, 0.6) is 0 Å². The standard InChI is InChI=1S/C8H14ClF2N3O2S.2ClH/c1-3(12)4(2-17)5(6(15)16)14-7(13)8(9,10)11;;/h3-5,17H,2,12H2,1H3,(H2,13,14)(H,15,16);2*1H/t3?,4?,5-;;/m0../s1. The van der Waals surface area contributed by atoms with Gasteiger partial charge in [-0.05, 0) is 24.3 Å². The number of amidine groups is 1. The van der Waals surface area contributed by atoms with Crippen molar-refractivity contribution in [2.24, 2.45) is 11.7 Å². The zero-order chi connectivity index (χ0) is 13.8. The Kier molecular flexibility index (Phi) is 12.4. The summed E-state index contributed by atoms with van der Waals surface area (Å²) in [4.78, 5) is 10.9. The van der Waals surface area contributed by atoms with Crippen molar-refractivity contribution < 1.29 is 18.7 Å². The van der Waals surface area contributed by atoms with Gasteiger partial charge in [-0.3, -0.25) is 5.41 Å². The Balaban J connectivity index is -0.00000128. The summed E-state index contributed by atoms with van der Waals surface area (Å²) in [5.74, 6) is -3.41. The van der Waals surface area contributed by atoms with Crippen LogP contribution in [0.15, 0.2) is 0 Å². The SMILES string of the molecule is CC(N)C(CS)[C@H](NC(=N)C(F)(F)Cl)C(=O)O.Cl.Cl. The molecule has 0 bridgehead atoms. The summed E-state index contributed by atoms with van der Waals surface area (Å²) in [6.07, 6.45) is 0. The van der Waals surface area contributed by atoms with E-state index in [1.54, 1.807) is 0 Å². The number of halogens is 5. The number of rotatable bonds is 6. The number of hydrogen-bond acceptors (Lipinski definition) is 4. The van der Waals surface area contributed by atoms with Crippen LogP contribution >= 0.6 is 49.0 Å². The van der Waals surface area contributed by atoms with E-state index in [0.717, 1.165) is 0 Å². The number of carboxylic acid groups (broad SMARTS) is 1. The summed E-state index contributed by atoms with van der Waals surface area (Å²) >= 11 is 8.51. The maximum absolute atomic E-state index is 12.5. The van der Waals surface area contributed by atoms with Gasteiger partial charge >= 0.3 is 11.4 Å². The maximum Gasteiger partial charge on any atom is 0.378 e. The summed E-state index contributed by atoms with van der Waals surface area (Å²) in [5.41, 5.74) is 5.53. The molecule has 0 fully saturated rings. The summed E-state index contributed by atoms with van der Waals surface area (Å²) in [7, 11) is 0. The van der Waals surface area contributed by atoms with E-state index < -0.39 is 35.2 Å². The second-order valence-electron chi connectivity index (χ2n) is 3.54. The minimum atomic E-state index is -3.94. The molecule has 19 heavy (non-hydrogen) atoms. The van der Waals surface area contributed by atoms with E-state index in [9.17, 15) is 13.6 Å². The van der Waals surface area contributed by atoms with Crippen LogP contribution in [0.4, 0.5) is 8.78 Å². The second kappa shape index (κ2) is 9.82. The van der Waals surface area contributed by atoms with Crippen LogP contribution in [0.25, 0.3) is 0 Å². The Labute approximate surface area is 132 Å². The Hall–Kier alpha value is -0.0200. The van der Waals surface area contributed by atoms with Crippen LogP contribution < -0.4 is 11.1 Å². The third-order valence-electron chi connectivity index (χ3n) is 2.16. The van der Waals surface area contributed by atoms with Crippen LogP contribution in [0, 0.1) is 11.3 Å². The van der Waals surface area contributed by atoms with E-state index in [4.69, 9.17) is 16.2 Å². The van der Waals surface area contributed by atoms with E-state index in [1.807, 2.05) is 5.32 Å². The normalized spacial score (nSPS) is 15.3. The van der Waals surface area contributed by atoms with Gasteiger partial charge in [0.25, 0.3) is 0 Å². The van der Waals surface area contributed by atoms with Crippen molar-refractivity contribution in [1.82, 2.24) is 5.32 Å². The molecule has 0 saturated heterocycles. The molecule has 3 atom stereocenters. The molecule has 0 heterocycles. The second-order valence-corrected chi connectivity index (χ2v) is 4.38. The average molecular weight is 363 g/mol. The predicted molar refractivity (Wildman–Crippen MR) is 78.6 cm³/mol. The molecule has 0 aliphatic heterocycles. The Morgan fingerprint density at radius 3 is 2.21 bits per heavy atom. The lowest BCUT2D eigenvalue weighted by molar-refractivity contribution is -0.140. The van der Waals surface area contributed by atoms with Crippen molar-refractivity contribution in [3.63, 3.8) is 0 Å². The van der Waals surface area contributed by atoms with Crippen molar-refractivity contribution in [3.05, 3.63) is 0 Å².